The standard InChI is InChI=1S/C23H22N2O2S2/c1-15(26)16-2-5-18(6-3-16)24-9-11-25(12-10-24)23(27)21-14-17-4-7-20-19(8-13-28-20)22(17)29-21/h2-3,5-6,8,13-14H,4,7,9-12H2,1H3. The quantitative estimate of drug-likeness (QED) is 0.573. The van der Waals surface area contributed by atoms with Crippen molar-refractivity contribution in [1.29, 1.82) is 0 Å². The van der Waals surface area contributed by atoms with E-state index >= 15 is 0 Å². The minimum Gasteiger partial charge on any atom is -0.368 e. The van der Waals surface area contributed by atoms with Crippen molar-refractivity contribution < 1.29 is 9.59 Å². The zero-order chi connectivity index (χ0) is 20.0. The molecule has 29 heavy (non-hydrogen) atoms. The number of Topliss-reactive ketones (excluding diaryl/α,β-unsaturated/α-hetero) is 1. The summed E-state index contributed by atoms with van der Waals surface area (Å²) >= 11 is 3.48. The van der Waals surface area contributed by atoms with Gasteiger partial charge in [0.25, 0.3) is 5.91 Å². The smallest absolute Gasteiger partial charge is 0.264 e. The molecular formula is C23H22N2O2S2. The molecule has 1 aliphatic heterocycles. The summed E-state index contributed by atoms with van der Waals surface area (Å²) in [6.45, 7) is 4.65. The van der Waals surface area contributed by atoms with E-state index in [1.54, 1.807) is 18.3 Å². The van der Waals surface area contributed by atoms with Gasteiger partial charge in [0, 0.05) is 52.7 Å². The number of aryl methyl sites for hydroxylation is 2. The summed E-state index contributed by atoms with van der Waals surface area (Å²) < 4.78 is 0. The van der Waals surface area contributed by atoms with Gasteiger partial charge in [-0.3, -0.25) is 9.59 Å². The number of fused-ring (bicyclic) bond motifs is 3. The zero-order valence-corrected chi connectivity index (χ0v) is 17.9. The van der Waals surface area contributed by atoms with Crippen LogP contribution in [-0.2, 0) is 12.8 Å². The number of benzene rings is 1. The Bertz CT molecular complexity index is 1070. The molecule has 0 radical (unpaired) electrons. The minimum absolute atomic E-state index is 0.0835. The van der Waals surface area contributed by atoms with Crippen LogP contribution in [0, 0.1) is 0 Å². The van der Waals surface area contributed by atoms with Gasteiger partial charge in [-0.2, -0.15) is 0 Å². The van der Waals surface area contributed by atoms with Gasteiger partial charge in [0.2, 0.25) is 0 Å². The number of hydrogen-bond donors (Lipinski definition) is 0. The molecule has 1 saturated heterocycles. The molecule has 2 aliphatic rings. The molecule has 1 aliphatic carbocycles. The fraction of sp³-hybridized carbons (Fsp3) is 0.304. The second kappa shape index (κ2) is 7.43. The van der Waals surface area contributed by atoms with Crippen LogP contribution in [0.5, 0.6) is 0 Å². The first kappa shape index (κ1) is 18.6. The Morgan fingerprint density at radius 3 is 2.45 bits per heavy atom. The van der Waals surface area contributed by atoms with Crippen molar-refractivity contribution in [3.05, 3.63) is 62.7 Å². The third kappa shape index (κ3) is 3.40. The molecule has 3 aromatic rings. The summed E-state index contributed by atoms with van der Waals surface area (Å²) in [5.41, 5.74) is 4.50. The minimum atomic E-state index is 0.0835. The van der Waals surface area contributed by atoms with E-state index < -0.39 is 0 Å². The van der Waals surface area contributed by atoms with E-state index in [0.717, 1.165) is 55.1 Å². The number of anilines is 1. The normalized spacial score (nSPS) is 15.8. The van der Waals surface area contributed by atoms with Crippen molar-refractivity contribution in [1.82, 2.24) is 4.90 Å². The summed E-state index contributed by atoms with van der Waals surface area (Å²) in [6, 6.07) is 12.1. The molecule has 1 aromatic carbocycles. The fourth-order valence-corrected chi connectivity index (χ4v) is 6.34. The van der Waals surface area contributed by atoms with E-state index in [1.165, 1.54) is 20.9 Å². The molecule has 0 bridgehead atoms. The van der Waals surface area contributed by atoms with Crippen LogP contribution in [0.25, 0.3) is 10.4 Å². The number of rotatable bonds is 3. The Morgan fingerprint density at radius 1 is 0.966 bits per heavy atom. The molecule has 0 atom stereocenters. The first-order valence-electron chi connectivity index (χ1n) is 9.95. The Labute approximate surface area is 178 Å². The van der Waals surface area contributed by atoms with E-state index in [1.807, 2.05) is 40.5 Å². The summed E-state index contributed by atoms with van der Waals surface area (Å²) in [5, 5.41) is 2.16. The summed E-state index contributed by atoms with van der Waals surface area (Å²) in [6.07, 6.45) is 2.13. The molecular weight excluding hydrogens is 400 g/mol. The predicted octanol–water partition coefficient (Wildman–Crippen LogP) is 4.74. The van der Waals surface area contributed by atoms with Gasteiger partial charge in [0.05, 0.1) is 4.88 Å². The fourth-order valence-electron chi connectivity index (χ4n) is 4.16. The molecule has 0 spiro atoms. The van der Waals surface area contributed by atoms with Gasteiger partial charge in [-0.25, -0.2) is 0 Å². The SMILES string of the molecule is CC(=O)c1ccc(N2CCN(C(=O)c3cc4c(s3)-c3ccsc3CC4)CC2)cc1. The van der Waals surface area contributed by atoms with E-state index in [-0.39, 0.29) is 11.7 Å². The molecule has 6 heteroatoms. The number of carbonyl (C=O) groups excluding carboxylic acids is 2. The Morgan fingerprint density at radius 2 is 1.72 bits per heavy atom. The molecule has 4 nitrogen and oxygen atoms in total. The number of amides is 1. The maximum Gasteiger partial charge on any atom is 0.264 e. The Hall–Kier alpha value is -2.44. The molecule has 5 rings (SSSR count). The first-order chi connectivity index (χ1) is 14.1. The van der Waals surface area contributed by atoms with Crippen LogP contribution < -0.4 is 4.90 Å². The van der Waals surface area contributed by atoms with Gasteiger partial charge in [0.1, 0.15) is 0 Å². The monoisotopic (exact) mass is 422 g/mol. The van der Waals surface area contributed by atoms with Crippen LogP contribution in [-0.4, -0.2) is 42.8 Å². The van der Waals surface area contributed by atoms with Crippen molar-refractivity contribution in [3.8, 4) is 10.4 Å². The van der Waals surface area contributed by atoms with Crippen LogP contribution in [0.15, 0.2) is 41.8 Å². The highest BCUT2D eigenvalue weighted by Gasteiger charge is 2.27. The Balaban J connectivity index is 1.27. The molecule has 3 heterocycles. The van der Waals surface area contributed by atoms with Gasteiger partial charge >= 0.3 is 0 Å². The maximum atomic E-state index is 13.1. The average Bonchev–Trinajstić information content (AvgIpc) is 3.40. The van der Waals surface area contributed by atoms with Crippen molar-refractivity contribution in [3.63, 3.8) is 0 Å². The lowest BCUT2D eigenvalue weighted by molar-refractivity contribution is 0.0751. The molecule has 0 saturated carbocycles. The summed E-state index contributed by atoms with van der Waals surface area (Å²) in [5.74, 6) is 0.243. The third-order valence-corrected chi connectivity index (χ3v) is 8.02. The van der Waals surface area contributed by atoms with Crippen LogP contribution in [0.3, 0.4) is 0 Å². The number of ketones is 1. The van der Waals surface area contributed by atoms with Crippen LogP contribution in [0.1, 0.15) is 37.4 Å². The lowest BCUT2D eigenvalue weighted by Crippen LogP contribution is -2.48. The van der Waals surface area contributed by atoms with Gasteiger partial charge < -0.3 is 9.80 Å². The first-order valence-corrected chi connectivity index (χ1v) is 11.6. The van der Waals surface area contributed by atoms with Gasteiger partial charge in [0.15, 0.2) is 5.78 Å². The number of thiophene rings is 2. The highest BCUT2D eigenvalue weighted by atomic mass is 32.1. The van der Waals surface area contributed by atoms with Crippen LogP contribution in [0.2, 0.25) is 0 Å². The Kier molecular flexibility index (Phi) is 4.76. The van der Waals surface area contributed by atoms with E-state index in [2.05, 4.69) is 22.4 Å². The summed E-state index contributed by atoms with van der Waals surface area (Å²) in [4.78, 5) is 32.4. The van der Waals surface area contributed by atoms with Gasteiger partial charge in [-0.1, -0.05) is 0 Å². The van der Waals surface area contributed by atoms with Gasteiger partial charge in [-0.05, 0) is 67.1 Å². The lowest BCUT2D eigenvalue weighted by Gasteiger charge is -2.36. The summed E-state index contributed by atoms with van der Waals surface area (Å²) in [7, 11) is 0. The zero-order valence-electron chi connectivity index (χ0n) is 16.3. The number of piperazine rings is 1. The van der Waals surface area contributed by atoms with Crippen LogP contribution >= 0.6 is 22.7 Å². The molecule has 1 fully saturated rings. The third-order valence-electron chi connectivity index (χ3n) is 5.84. The van der Waals surface area contributed by atoms with E-state index in [9.17, 15) is 9.59 Å². The second-order valence-corrected chi connectivity index (χ2v) is 9.66. The van der Waals surface area contributed by atoms with Crippen LogP contribution in [0.4, 0.5) is 5.69 Å². The number of hydrogen-bond acceptors (Lipinski definition) is 5. The maximum absolute atomic E-state index is 13.1. The largest absolute Gasteiger partial charge is 0.368 e. The van der Waals surface area contributed by atoms with Crippen molar-refractivity contribution in [2.24, 2.45) is 0 Å². The number of nitrogens with zero attached hydrogens (tertiary/aromatic N) is 2. The predicted molar refractivity (Wildman–Crippen MR) is 120 cm³/mol. The van der Waals surface area contributed by atoms with Crippen molar-refractivity contribution in [2.45, 2.75) is 19.8 Å². The molecule has 0 N–H and O–H groups in total. The molecule has 1 amide bonds. The van der Waals surface area contributed by atoms with E-state index in [0.29, 0.717) is 0 Å². The molecule has 0 unspecified atom stereocenters. The van der Waals surface area contributed by atoms with E-state index in [4.69, 9.17) is 0 Å². The molecule has 2 aromatic heterocycles. The topological polar surface area (TPSA) is 40.6 Å². The van der Waals surface area contributed by atoms with Gasteiger partial charge in [-0.15, -0.1) is 22.7 Å². The van der Waals surface area contributed by atoms with Crippen molar-refractivity contribution >= 4 is 40.1 Å². The average molecular weight is 423 g/mol. The second-order valence-electron chi connectivity index (χ2n) is 7.60. The number of carbonyl (C=O) groups is 2. The highest BCUT2D eigenvalue weighted by Crippen LogP contribution is 2.42. The molecule has 148 valence electrons. The van der Waals surface area contributed by atoms with Crippen molar-refractivity contribution in [2.75, 3.05) is 31.1 Å². The lowest BCUT2D eigenvalue weighted by atomic mass is 9.98. The highest BCUT2D eigenvalue weighted by molar-refractivity contribution is 7.18.